The third-order valence-corrected chi connectivity index (χ3v) is 5.17. The van der Waals surface area contributed by atoms with Crippen molar-refractivity contribution in [1.29, 1.82) is 0 Å². The number of nitrogens with zero attached hydrogens (tertiary/aromatic N) is 3. The predicted octanol–water partition coefficient (Wildman–Crippen LogP) is 2.69. The number of rotatable bonds is 4. The molecule has 2 amide bonds. The Labute approximate surface area is 162 Å². The van der Waals surface area contributed by atoms with E-state index in [2.05, 4.69) is 4.98 Å². The van der Waals surface area contributed by atoms with Crippen molar-refractivity contribution in [1.82, 2.24) is 9.88 Å². The highest BCUT2D eigenvalue weighted by Gasteiger charge is 2.41. The molecular weight excluding hydrogens is 366 g/mol. The number of carbonyl (C=O) groups is 2. The van der Waals surface area contributed by atoms with Crippen LogP contribution in [0.1, 0.15) is 12.1 Å². The van der Waals surface area contributed by atoms with Crippen LogP contribution >= 0.6 is 11.6 Å². The average Bonchev–Trinajstić information content (AvgIpc) is 3.00. The van der Waals surface area contributed by atoms with Crippen LogP contribution in [0.5, 0.6) is 5.88 Å². The molecule has 6 nitrogen and oxygen atoms in total. The Hall–Kier alpha value is -2.60. The first kappa shape index (κ1) is 17.8. The molecule has 2 aromatic rings. The van der Waals surface area contributed by atoms with E-state index in [9.17, 15) is 9.59 Å². The maximum absolute atomic E-state index is 12.7. The minimum atomic E-state index is -0.314. The number of amides is 2. The van der Waals surface area contributed by atoms with Gasteiger partial charge in [-0.15, -0.1) is 0 Å². The van der Waals surface area contributed by atoms with Gasteiger partial charge in [0.05, 0.1) is 19.0 Å². The Bertz CT molecular complexity index is 865. The van der Waals surface area contributed by atoms with E-state index < -0.39 is 0 Å². The van der Waals surface area contributed by atoms with Gasteiger partial charge in [-0.3, -0.25) is 9.59 Å². The molecule has 0 bridgehead atoms. The van der Waals surface area contributed by atoms with Gasteiger partial charge >= 0.3 is 0 Å². The van der Waals surface area contributed by atoms with Crippen LogP contribution in [0, 0.1) is 12.8 Å². The molecule has 4 rings (SSSR count). The number of pyridine rings is 1. The molecule has 2 fully saturated rings. The summed E-state index contributed by atoms with van der Waals surface area (Å²) in [5.74, 6) is 0.244. The quantitative estimate of drug-likeness (QED) is 0.811. The van der Waals surface area contributed by atoms with E-state index in [4.69, 9.17) is 16.3 Å². The second-order valence-corrected chi connectivity index (χ2v) is 7.42. The third kappa shape index (κ3) is 3.76. The molecule has 3 heterocycles. The first-order valence-corrected chi connectivity index (χ1v) is 9.32. The van der Waals surface area contributed by atoms with Crippen molar-refractivity contribution < 1.29 is 14.3 Å². The minimum Gasteiger partial charge on any atom is -0.471 e. The van der Waals surface area contributed by atoms with Crippen LogP contribution in [-0.4, -0.2) is 47.4 Å². The van der Waals surface area contributed by atoms with E-state index >= 15 is 0 Å². The van der Waals surface area contributed by atoms with Crippen molar-refractivity contribution in [3.8, 4) is 5.88 Å². The number of anilines is 1. The highest BCUT2D eigenvalue weighted by molar-refractivity contribution is 6.30. The van der Waals surface area contributed by atoms with E-state index in [1.54, 1.807) is 34.1 Å². The van der Waals surface area contributed by atoms with E-state index in [0.717, 1.165) is 11.4 Å². The summed E-state index contributed by atoms with van der Waals surface area (Å²) in [6, 6.07) is 12.7. The molecule has 2 aliphatic heterocycles. The van der Waals surface area contributed by atoms with Crippen LogP contribution in [0.4, 0.5) is 5.69 Å². The number of likely N-dealkylation sites (tertiary alicyclic amines) is 1. The number of aryl methyl sites for hydroxylation is 1. The van der Waals surface area contributed by atoms with Gasteiger partial charge in [-0.1, -0.05) is 17.7 Å². The van der Waals surface area contributed by atoms with Crippen molar-refractivity contribution in [3.05, 3.63) is 53.2 Å². The number of hydrogen-bond donors (Lipinski definition) is 0. The number of ether oxygens (including phenoxy) is 1. The summed E-state index contributed by atoms with van der Waals surface area (Å²) in [6.45, 7) is 3.37. The van der Waals surface area contributed by atoms with E-state index in [1.807, 2.05) is 25.1 Å². The maximum atomic E-state index is 12.7. The Morgan fingerprint density at radius 1 is 1.15 bits per heavy atom. The lowest BCUT2D eigenvalue weighted by Gasteiger charge is -2.39. The zero-order chi connectivity index (χ0) is 19.0. The fourth-order valence-corrected chi connectivity index (χ4v) is 3.57. The van der Waals surface area contributed by atoms with E-state index in [1.165, 1.54) is 0 Å². The summed E-state index contributed by atoms with van der Waals surface area (Å²) in [5, 5.41) is 0.618. The molecule has 1 unspecified atom stereocenters. The summed E-state index contributed by atoms with van der Waals surface area (Å²) in [5.41, 5.74) is 1.67. The first-order chi connectivity index (χ1) is 13.0. The van der Waals surface area contributed by atoms with Gasteiger partial charge in [-0.05, 0) is 37.3 Å². The molecule has 7 heteroatoms. The largest absolute Gasteiger partial charge is 0.471 e. The monoisotopic (exact) mass is 385 g/mol. The summed E-state index contributed by atoms with van der Waals surface area (Å²) in [7, 11) is 0. The molecule has 1 atom stereocenters. The van der Waals surface area contributed by atoms with Gasteiger partial charge < -0.3 is 14.5 Å². The highest BCUT2D eigenvalue weighted by atomic mass is 35.5. The molecule has 1 aromatic heterocycles. The SMILES string of the molecule is Cc1cccc(OC2CN(C(=O)C3CC(=O)N(c4ccc(Cl)cc4)C3)C2)n1. The zero-order valence-corrected chi connectivity index (χ0v) is 15.7. The average molecular weight is 386 g/mol. The van der Waals surface area contributed by atoms with Crippen molar-refractivity contribution in [3.63, 3.8) is 0 Å². The fourth-order valence-electron chi connectivity index (χ4n) is 3.45. The Kier molecular flexibility index (Phi) is 4.74. The van der Waals surface area contributed by atoms with Gasteiger partial charge in [-0.25, -0.2) is 4.98 Å². The van der Waals surface area contributed by atoms with Gasteiger partial charge in [0.15, 0.2) is 0 Å². The predicted molar refractivity (Wildman–Crippen MR) is 102 cm³/mol. The van der Waals surface area contributed by atoms with Crippen LogP contribution in [0.25, 0.3) is 0 Å². The lowest BCUT2D eigenvalue weighted by molar-refractivity contribution is -0.144. The molecule has 0 spiro atoms. The highest BCUT2D eigenvalue weighted by Crippen LogP contribution is 2.29. The van der Waals surface area contributed by atoms with Crippen LogP contribution in [0.15, 0.2) is 42.5 Å². The topological polar surface area (TPSA) is 62.7 Å². The summed E-state index contributed by atoms with van der Waals surface area (Å²) < 4.78 is 5.80. The number of halogens is 1. The van der Waals surface area contributed by atoms with Gasteiger partial charge in [-0.2, -0.15) is 0 Å². The lowest BCUT2D eigenvalue weighted by Crippen LogP contribution is -2.57. The number of aromatic nitrogens is 1. The summed E-state index contributed by atoms with van der Waals surface area (Å²) in [4.78, 5) is 32.8. The van der Waals surface area contributed by atoms with Crippen molar-refractivity contribution in [2.75, 3.05) is 24.5 Å². The minimum absolute atomic E-state index is 0.0110. The van der Waals surface area contributed by atoms with Gasteiger partial charge in [0.25, 0.3) is 0 Å². The van der Waals surface area contributed by atoms with E-state index in [-0.39, 0.29) is 30.3 Å². The second-order valence-electron chi connectivity index (χ2n) is 6.98. The molecule has 0 N–H and O–H groups in total. The van der Waals surface area contributed by atoms with Gasteiger partial charge in [0.1, 0.15) is 6.10 Å². The van der Waals surface area contributed by atoms with Crippen LogP contribution in [0.2, 0.25) is 5.02 Å². The van der Waals surface area contributed by atoms with Gasteiger partial charge in [0.2, 0.25) is 17.7 Å². The standard InChI is InChI=1S/C20H20ClN3O3/c1-13-3-2-4-18(22-13)27-17-11-23(12-17)20(26)14-9-19(25)24(10-14)16-7-5-15(21)6-8-16/h2-8,14,17H,9-12H2,1H3. The molecule has 0 aliphatic carbocycles. The zero-order valence-electron chi connectivity index (χ0n) is 15.0. The first-order valence-electron chi connectivity index (χ1n) is 8.94. The second kappa shape index (κ2) is 7.19. The van der Waals surface area contributed by atoms with Crippen molar-refractivity contribution >= 4 is 29.1 Å². The Balaban J connectivity index is 1.32. The fraction of sp³-hybridized carbons (Fsp3) is 0.350. The van der Waals surface area contributed by atoms with Crippen molar-refractivity contribution in [2.24, 2.45) is 5.92 Å². The molecule has 2 aliphatic rings. The smallest absolute Gasteiger partial charge is 0.228 e. The molecular formula is C20H20ClN3O3. The number of benzene rings is 1. The third-order valence-electron chi connectivity index (χ3n) is 4.92. The Morgan fingerprint density at radius 2 is 1.89 bits per heavy atom. The normalized spacial score (nSPS) is 19.9. The summed E-state index contributed by atoms with van der Waals surface area (Å²) in [6.07, 6.45) is 0.191. The maximum Gasteiger partial charge on any atom is 0.228 e. The molecule has 2 saturated heterocycles. The van der Waals surface area contributed by atoms with Crippen LogP contribution < -0.4 is 9.64 Å². The molecule has 0 saturated carbocycles. The summed E-state index contributed by atoms with van der Waals surface area (Å²) >= 11 is 5.90. The van der Waals surface area contributed by atoms with Crippen molar-refractivity contribution in [2.45, 2.75) is 19.4 Å². The number of hydrogen-bond acceptors (Lipinski definition) is 4. The molecule has 0 radical (unpaired) electrons. The number of carbonyl (C=O) groups excluding carboxylic acids is 2. The van der Waals surface area contributed by atoms with Crippen LogP contribution in [0.3, 0.4) is 0 Å². The molecule has 27 heavy (non-hydrogen) atoms. The molecule has 140 valence electrons. The van der Waals surface area contributed by atoms with Gasteiger partial charge in [0, 0.05) is 35.4 Å². The lowest BCUT2D eigenvalue weighted by atomic mass is 10.0. The Morgan fingerprint density at radius 3 is 2.59 bits per heavy atom. The van der Waals surface area contributed by atoms with E-state index in [0.29, 0.717) is 30.5 Å². The van der Waals surface area contributed by atoms with Crippen LogP contribution in [-0.2, 0) is 9.59 Å². The molecule has 1 aromatic carbocycles.